The number of pyridine rings is 1. The van der Waals surface area contributed by atoms with Crippen molar-refractivity contribution in [2.75, 3.05) is 0 Å². The van der Waals surface area contributed by atoms with E-state index in [-0.39, 0.29) is 0 Å². The van der Waals surface area contributed by atoms with Gasteiger partial charge in [-0.3, -0.25) is 0 Å². The van der Waals surface area contributed by atoms with E-state index in [4.69, 9.17) is 5.11 Å². The summed E-state index contributed by atoms with van der Waals surface area (Å²) >= 11 is 3.29. The SMILES string of the molecule is O=C(O)NCc1ccc(C=Cc2ccc(Br)nc2)cc1. The molecule has 1 amide bonds. The number of carbonyl (C=O) groups is 1. The molecular formula is C15H13BrN2O2. The van der Waals surface area contributed by atoms with Gasteiger partial charge in [-0.05, 0) is 38.7 Å². The van der Waals surface area contributed by atoms with E-state index in [1.807, 2.05) is 48.6 Å². The highest BCUT2D eigenvalue weighted by atomic mass is 79.9. The van der Waals surface area contributed by atoms with Crippen LogP contribution >= 0.6 is 15.9 Å². The minimum atomic E-state index is -1.02. The van der Waals surface area contributed by atoms with E-state index >= 15 is 0 Å². The van der Waals surface area contributed by atoms with Gasteiger partial charge in [-0.25, -0.2) is 9.78 Å². The maximum atomic E-state index is 10.4. The molecule has 0 fully saturated rings. The van der Waals surface area contributed by atoms with E-state index in [9.17, 15) is 4.79 Å². The van der Waals surface area contributed by atoms with Gasteiger partial charge in [0.2, 0.25) is 0 Å². The third kappa shape index (κ3) is 4.51. The summed E-state index contributed by atoms with van der Waals surface area (Å²) < 4.78 is 0.810. The summed E-state index contributed by atoms with van der Waals surface area (Å²) in [6.45, 7) is 0.315. The number of nitrogens with zero attached hydrogens (tertiary/aromatic N) is 1. The number of hydrogen-bond acceptors (Lipinski definition) is 2. The first kappa shape index (κ1) is 14.3. The van der Waals surface area contributed by atoms with Crippen molar-refractivity contribution in [1.29, 1.82) is 0 Å². The van der Waals surface area contributed by atoms with Gasteiger partial charge in [0.15, 0.2) is 0 Å². The summed E-state index contributed by atoms with van der Waals surface area (Å²) in [5.74, 6) is 0. The molecule has 1 heterocycles. The minimum absolute atomic E-state index is 0.315. The van der Waals surface area contributed by atoms with Crippen LogP contribution in [0.2, 0.25) is 0 Å². The average Bonchev–Trinajstić information content (AvgIpc) is 2.45. The van der Waals surface area contributed by atoms with Crippen molar-refractivity contribution in [3.8, 4) is 0 Å². The molecule has 0 aliphatic rings. The fourth-order valence-electron chi connectivity index (χ4n) is 1.60. The Labute approximate surface area is 125 Å². The third-order valence-corrected chi connectivity index (χ3v) is 3.11. The Morgan fingerprint density at radius 1 is 1.15 bits per heavy atom. The quantitative estimate of drug-likeness (QED) is 0.837. The van der Waals surface area contributed by atoms with Crippen LogP contribution in [0.5, 0.6) is 0 Å². The van der Waals surface area contributed by atoms with Crippen LogP contribution in [0.3, 0.4) is 0 Å². The Morgan fingerprint density at radius 3 is 2.40 bits per heavy atom. The van der Waals surface area contributed by atoms with Gasteiger partial charge < -0.3 is 10.4 Å². The van der Waals surface area contributed by atoms with E-state index in [1.54, 1.807) is 6.20 Å². The van der Waals surface area contributed by atoms with Crippen LogP contribution in [-0.2, 0) is 6.54 Å². The van der Waals surface area contributed by atoms with Crippen molar-refractivity contribution in [2.45, 2.75) is 6.54 Å². The Bertz CT molecular complexity index is 607. The molecule has 4 nitrogen and oxygen atoms in total. The topological polar surface area (TPSA) is 62.2 Å². The number of nitrogens with one attached hydrogen (secondary N) is 1. The zero-order valence-corrected chi connectivity index (χ0v) is 12.2. The second-order valence-electron chi connectivity index (χ2n) is 4.15. The van der Waals surface area contributed by atoms with Gasteiger partial charge in [0, 0.05) is 12.7 Å². The van der Waals surface area contributed by atoms with E-state index in [1.165, 1.54) is 0 Å². The van der Waals surface area contributed by atoms with Gasteiger partial charge >= 0.3 is 6.09 Å². The van der Waals surface area contributed by atoms with Crippen molar-refractivity contribution in [1.82, 2.24) is 10.3 Å². The summed E-state index contributed by atoms with van der Waals surface area (Å²) in [4.78, 5) is 14.5. The van der Waals surface area contributed by atoms with E-state index in [0.717, 1.165) is 21.3 Å². The first-order chi connectivity index (χ1) is 9.63. The van der Waals surface area contributed by atoms with Crippen molar-refractivity contribution < 1.29 is 9.90 Å². The predicted octanol–water partition coefficient (Wildman–Crippen LogP) is 3.78. The zero-order valence-electron chi connectivity index (χ0n) is 10.6. The summed E-state index contributed by atoms with van der Waals surface area (Å²) in [6, 6.07) is 11.5. The molecule has 0 spiro atoms. The number of hydrogen-bond donors (Lipinski definition) is 2. The van der Waals surface area contributed by atoms with Crippen LogP contribution < -0.4 is 5.32 Å². The lowest BCUT2D eigenvalue weighted by molar-refractivity contribution is 0.194. The molecule has 2 N–H and O–H groups in total. The molecule has 0 saturated heterocycles. The lowest BCUT2D eigenvalue weighted by atomic mass is 10.1. The molecule has 1 aromatic heterocycles. The van der Waals surface area contributed by atoms with Crippen LogP contribution in [0, 0.1) is 0 Å². The van der Waals surface area contributed by atoms with Crippen LogP contribution in [0.1, 0.15) is 16.7 Å². The van der Waals surface area contributed by atoms with Gasteiger partial charge in [-0.15, -0.1) is 0 Å². The van der Waals surface area contributed by atoms with Crippen molar-refractivity contribution in [2.24, 2.45) is 0 Å². The fraction of sp³-hybridized carbons (Fsp3) is 0.0667. The van der Waals surface area contributed by atoms with Crippen LogP contribution in [0.4, 0.5) is 4.79 Å². The number of aromatic nitrogens is 1. The van der Waals surface area contributed by atoms with Crippen LogP contribution in [0.15, 0.2) is 47.2 Å². The summed E-state index contributed by atoms with van der Waals surface area (Å²) in [5, 5.41) is 10.9. The van der Waals surface area contributed by atoms with Gasteiger partial charge in [0.05, 0.1) is 0 Å². The molecular weight excluding hydrogens is 320 g/mol. The van der Waals surface area contributed by atoms with E-state index in [0.29, 0.717) is 6.54 Å². The first-order valence-electron chi connectivity index (χ1n) is 5.99. The smallest absolute Gasteiger partial charge is 0.404 e. The summed E-state index contributed by atoms with van der Waals surface area (Å²) in [6.07, 6.45) is 4.73. The fourth-order valence-corrected chi connectivity index (χ4v) is 1.84. The van der Waals surface area contributed by atoms with E-state index < -0.39 is 6.09 Å². The molecule has 2 aromatic rings. The lowest BCUT2D eigenvalue weighted by Crippen LogP contribution is -2.19. The largest absolute Gasteiger partial charge is 0.465 e. The van der Waals surface area contributed by atoms with Gasteiger partial charge in [0.25, 0.3) is 0 Å². The molecule has 5 heteroatoms. The molecule has 0 unspecified atom stereocenters. The predicted molar refractivity (Wildman–Crippen MR) is 82.2 cm³/mol. The van der Waals surface area contributed by atoms with Crippen molar-refractivity contribution in [3.05, 3.63) is 63.9 Å². The number of halogens is 1. The molecule has 102 valence electrons. The van der Waals surface area contributed by atoms with E-state index in [2.05, 4.69) is 26.2 Å². The molecule has 0 aliphatic carbocycles. The first-order valence-corrected chi connectivity index (χ1v) is 6.78. The molecule has 0 radical (unpaired) electrons. The summed E-state index contributed by atoms with van der Waals surface area (Å²) in [5.41, 5.74) is 2.99. The Hall–Kier alpha value is -2.14. The Morgan fingerprint density at radius 2 is 1.80 bits per heavy atom. The number of benzene rings is 1. The van der Waals surface area contributed by atoms with Crippen LogP contribution in [-0.4, -0.2) is 16.2 Å². The lowest BCUT2D eigenvalue weighted by Gasteiger charge is -2.01. The molecule has 0 aliphatic heterocycles. The van der Waals surface area contributed by atoms with Gasteiger partial charge in [0.1, 0.15) is 4.60 Å². The second kappa shape index (κ2) is 6.86. The molecule has 1 aromatic carbocycles. The van der Waals surface area contributed by atoms with Gasteiger partial charge in [-0.2, -0.15) is 0 Å². The Kier molecular flexibility index (Phi) is 4.90. The van der Waals surface area contributed by atoms with Crippen molar-refractivity contribution in [3.63, 3.8) is 0 Å². The highest BCUT2D eigenvalue weighted by molar-refractivity contribution is 9.10. The Balaban J connectivity index is 1.99. The molecule has 0 atom stereocenters. The molecule has 20 heavy (non-hydrogen) atoms. The monoisotopic (exact) mass is 332 g/mol. The number of rotatable bonds is 4. The normalized spacial score (nSPS) is 10.7. The highest BCUT2D eigenvalue weighted by Crippen LogP contribution is 2.11. The number of carboxylic acid groups (broad SMARTS) is 1. The third-order valence-electron chi connectivity index (χ3n) is 2.64. The standard InChI is InChI=1S/C15H13BrN2O2/c16-14-8-7-13(9-17-14)6-3-11-1-4-12(5-2-11)10-18-15(19)20/h1-9,18H,10H2,(H,19,20). The average molecular weight is 333 g/mol. The minimum Gasteiger partial charge on any atom is -0.465 e. The van der Waals surface area contributed by atoms with Crippen LogP contribution in [0.25, 0.3) is 12.2 Å². The second-order valence-corrected chi connectivity index (χ2v) is 4.96. The zero-order chi connectivity index (χ0) is 14.4. The highest BCUT2D eigenvalue weighted by Gasteiger charge is 1.96. The van der Waals surface area contributed by atoms with Crippen molar-refractivity contribution >= 4 is 34.2 Å². The number of amides is 1. The summed E-state index contributed by atoms with van der Waals surface area (Å²) in [7, 11) is 0. The molecule has 0 bridgehead atoms. The molecule has 2 rings (SSSR count). The maximum absolute atomic E-state index is 10.4. The maximum Gasteiger partial charge on any atom is 0.404 e. The molecule has 0 saturated carbocycles. The van der Waals surface area contributed by atoms with Gasteiger partial charge in [-0.1, -0.05) is 42.5 Å².